The minimum Gasteiger partial charge on any atom is -0.387 e. The van der Waals surface area contributed by atoms with E-state index in [4.69, 9.17) is 15.3 Å². The summed E-state index contributed by atoms with van der Waals surface area (Å²) in [5.74, 6) is 0. The van der Waals surface area contributed by atoms with Crippen molar-refractivity contribution in [3.05, 3.63) is 0 Å². The lowest BCUT2D eigenvalue weighted by molar-refractivity contribution is -0.261. The molecule has 0 aromatic carbocycles. The van der Waals surface area contributed by atoms with Crippen molar-refractivity contribution in [3.8, 4) is 0 Å². The van der Waals surface area contributed by atoms with Crippen molar-refractivity contribution < 1.29 is 30.6 Å². The fraction of sp³-hybridized carbons (Fsp3) is 1.00. The van der Waals surface area contributed by atoms with Crippen LogP contribution in [-0.2, 0) is 0 Å². The molecule has 6 heteroatoms. The Bertz CT molecular complexity index is 175. The number of aliphatic hydroxyl groups is 6. The molecule has 1 rings (SSSR count). The molecular formula is C7H14O6. The maximum atomic E-state index is 9.44. The van der Waals surface area contributed by atoms with E-state index in [-0.39, 0.29) is 0 Å². The summed E-state index contributed by atoms with van der Waals surface area (Å²) in [4.78, 5) is 0. The molecule has 0 bridgehead atoms. The Morgan fingerprint density at radius 3 is 1.38 bits per heavy atom. The molecule has 0 unspecified atom stereocenters. The lowest BCUT2D eigenvalue weighted by Gasteiger charge is -2.45. The van der Waals surface area contributed by atoms with Crippen LogP contribution in [0.3, 0.4) is 0 Å². The Balaban J connectivity index is 2.93. The molecule has 0 aliphatic heterocycles. The highest BCUT2D eigenvalue weighted by Gasteiger charge is 2.54. The lowest BCUT2D eigenvalue weighted by atomic mass is 9.76. The van der Waals surface area contributed by atoms with Gasteiger partial charge in [-0.1, -0.05) is 0 Å². The van der Waals surface area contributed by atoms with Crippen molar-refractivity contribution in [2.24, 2.45) is 0 Å². The molecule has 6 N–H and O–H groups in total. The Labute approximate surface area is 74.7 Å². The topological polar surface area (TPSA) is 121 Å². The Morgan fingerprint density at radius 2 is 1.08 bits per heavy atom. The molecule has 1 fully saturated rings. The van der Waals surface area contributed by atoms with Crippen molar-refractivity contribution in [1.29, 1.82) is 0 Å². The van der Waals surface area contributed by atoms with E-state index in [1.165, 1.54) is 0 Å². The third-order valence-electron chi connectivity index (χ3n) is 2.54. The monoisotopic (exact) mass is 194 g/mol. The summed E-state index contributed by atoms with van der Waals surface area (Å²) >= 11 is 0. The van der Waals surface area contributed by atoms with Gasteiger partial charge in [0.05, 0.1) is 0 Å². The first-order valence-corrected chi connectivity index (χ1v) is 3.93. The molecule has 13 heavy (non-hydrogen) atoms. The molecular weight excluding hydrogens is 180 g/mol. The van der Waals surface area contributed by atoms with Crippen LogP contribution in [0.2, 0.25) is 0 Å². The van der Waals surface area contributed by atoms with Gasteiger partial charge in [-0.05, 0) is 6.92 Å². The van der Waals surface area contributed by atoms with Crippen molar-refractivity contribution in [1.82, 2.24) is 0 Å². The third-order valence-corrected chi connectivity index (χ3v) is 2.54. The minimum atomic E-state index is -2.03. The Morgan fingerprint density at radius 1 is 0.769 bits per heavy atom. The van der Waals surface area contributed by atoms with Crippen LogP contribution in [-0.4, -0.2) is 66.8 Å². The minimum absolute atomic E-state index is 1.07. The molecule has 0 aromatic rings. The number of rotatable bonds is 0. The highest BCUT2D eigenvalue weighted by molar-refractivity contribution is 5.05. The molecule has 1 saturated carbocycles. The van der Waals surface area contributed by atoms with Crippen LogP contribution in [0, 0.1) is 0 Å². The van der Waals surface area contributed by atoms with E-state index in [0.29, 0.717) is 0 Å². The van der Waals surface area contributed by atoms with E-state index in [9.17, 15) is 15.3 Å². The van der Waals surface area contributed by atoms with Gasteiger partial charge in [-0.25, -0.2) is 0 Å². The molecule has 1 aliphatic carbocycles. The standard InChI is InChI=1S/C7H14O6/c1-7(13)5(11)3(9)2(8)4(10)6(7)12/h2-6,8-13H,1H3/t2-,3-,4+,5+,6-,7-. The summed E-state index contributed by atoms with van der Waals surface area (Å²) in [6.45, 7) is 1.07. The first-order chi connectivity index (χ1) is 5.80. The van der Waals surface area contributed by atoms with E-state index in [2.05, 4.69) is 0 Å². The molecule has 0 heterocycles. The summed E-state index contributed by atoms with van der Waals surface area (Å²) < 4.78 is 0. The van der Waals surface area contributed by atoms with Crippen LogP contribution in [0.1, 0.15) is 6.92 Å². The normalized spacial score (nSPS) is 57.9. The van der Waals surface area contributed by atoms with Gasteiger partial charge in [0.25, 0.3) is 0 Å². The summed E-state index contributed by atoms with van der Waals surface area (Å²) in [6.07, 6.45) is -8.39. The molecule has 0 radical (unpaired) electrons. The van der Waals surface area contributed by atoms with Crippen molar-refractivity contribution in [3.63, 3.8) is 0 Å². The van der Waals surface area contributed by atoms with Crippen molar-refractivity contribution in [2.45, 2.75) is 43.0 Å². The number of aliphatic hydroxyl groups excluding tert-OH is 5. The molecule has 0 saturated heterocycles. The molecule has 1 aliphatic rings. The maximum absolute atomic E-state index is 9.44. The molecule has 0 amide bonds. The summed E-state index contributed by atoms with van der Waals surface area (Å²) in [6, 6.07) is 0. The first kappa shape index (κ1) is 10.8. The number of hydrogen-bond acceptors (Lipinski definition) is 6. The highest BCUT2D eigenvalue weighted by Crippen LogP contribution is 2.29. The van der Waals surface area contributed by atoms with Crippen LogP contribution < -0.4 is 0 Å². The second kappa shape index (κ2) is 3.16. The van der Waals surface area contributed by atoms with Crippen molar-refractivity contribution >= 4 is 0 Å². The molecule has 78 valence electrons. The Kier molecular flexibility index (Phi) is 2.63. The van der Waals surface area contributed by atoms with Crippen molar-refractivity contribution in [2.75, 3.05) is 0 Å². The van der Waals surface area contributed by atoms with Gasteiger partial charge in [0.1, 0.15) is 36.1 Å². The predicted octanol–water partition coefficient (Wildman–Crippen LogP) is -3.44. The van der Waals surface area contributed by atoms with E-state index in [0.717, 1.165) is 6.92 Å². The first-order valence-electron chi connectivity index (χ1n) is 3.93. The summed E-state index contributed by atoms with van der Waals surface area (Å²) in [5, 5.41) is 55.3. The zero-order chi connectivity index (χ0) is 10.4. The number of hydrogen-bond donors (Lipinski definition) is 6. The van der Waals surface area contributed by atoms with Gasteiger partial charge in [-0.15, -0.1) is 0 Å². The average molecular weight is 194 g/mol. The Hall–Kier alpha value is -0.240. The summed E-state index contributed by atoms with van der Waals surface area (Å²) in [7, 11) is 0. The van der Waals surface area contributed by atoms with Crippen LogP contribution in [0.4, 0.5) is 0 Å². The molecule has 6 nitrogen and oxygen atoms in total. The van der Waals surface area contributed by atoms with Gasteiger partial charge < -0.3 is 30.6 Å². The van der Waals surface area contributed by atoms with E-state index < -0.39 is 36.1 Å². The lowest BCUT2D eigenvalue weighted by Crippen LogP contribution is -2.69. The van der Waals surface area contributed by atoms with Gasteiger partial charge in [-0.3, -0.25) is 0 Å². The van der Waals surface area contributed by atoms with Gasteiger partial charge in [0, 0.05) is 0 Å². The summed E-state index contributed by atoms with van der Waals surface area (Å²) in [5.41, 5.74) is -2.03. The smallest absolute Gasteiger partial charge is 0.119 e. The van der Waals surface area contributed by atoms with Crippen LogP contribution >= 0.6 is 0 Å². The maximum Gasteiger partial charge on any atom is 0.119 e. The van der Waals surface area contributed by atoms with Gasteiger partial charge in [0.2, 0.25) is 0 Å². The fourth-order valence-electron chi connectivity index (χ4n) is 1.44. The molecule has 0 aromatic heterocycles. The SMILES string of the molecule is C[C@]1(O)[C@H](O)[C@@H](O)[C@H](O)[C@@H](O)[C@@H]1O. The molecule has 6 atom stereocenters. The van der Waals surface area contributed by atoms with Gasteiger partial charge >= 0.3 is 0 Å². The zero-order valence-electron chi connectivity index (χ0n) is 7.07. The van der Waals surface area contributed by atoms with E-state index >= 15 is 0 Å². The quantitative estimate of drug-likeness (QED) is 0.238. The van der Waals surface area contributed by atoms with Crippen LogP contribution in [0.5, 0.6) is 0 Å². The fourth-order valence-corrected chi connectivity index (χ4v) is 1.44. The largest absolute Gasteiger partial charge is 0.387 e. The van der Waals surface area contributed by atoms with Gasteiger partial charge in [-0.2, -0.15) is 0 Å². The second-order valence-corrected chi connectivity index (χ2v) is 3.59. The average Bonchev–Trinajstić information content (AvgIpc) is 2.09. The van der Waals surface area contributed by atoms with Crippen LogP contribution in [0.15, 0.2) is 0 Å². The van der Waals surface area contributed by atoms with Crippen LogP contribution in [0.25, 0.3) is 0 Å². The van der Waals surface area contributed by atoms with E-state index in [1.807, 2.05) is 0 Å². The van der Waals surface area contributed by atoms with E-state index in [1.54, 1.807) is 0 Å². The third kappa shape index (κ3) is 1.45. The predicted molar refractivity (Wildman–Crippen MR) is 40.7 cm³/mol. The van der Waals surface area contributed by atoms with Gasteiger partial charge in [0.15, 0.2) is 0 Å². The molecule has 0 spiro atoms. The highest BCUT2D eigenvalue weighted by atomic mass is 16.4. The zero-order valence-corrected chi connectivity index (χ0v) is 7.07. The second-order valence-electron chi connectivity index (χ2n) is 3.59.